The number of alkyl halides is 3. The second-order valence-corrected chi connectivity index (χ2v) is 5.30. The van der Waals surface area contributed by atoms with Crippen molar-refractivity contribution in [2.75, 3.05) is 5.32 Å². The molecule has 1 N–H and O–H groups in total. The molecule has 2 aromatic carbocycles. The second-order valence-electron chi connectivity index (χ2n) is 4.06. The summed E-state index contributed by atoms with van der Waals surface area (Å²) >= 11 is 2.21. The first-order valence-corrected chi connectivity index (χ1v) is 6.68. The fourth-order valence-corrected chi connectivity index (χ4v) is 2.16. The van der Waals surface area contributed by atoms with Gasteiger partial charge in [-0.3, -0.25) is 0 Å². The third-order valence-electron chi connectivity index (χ3n) is 2.60. The Morgan fingerprint density at radius 1 is 1.00 bits per heavy atom. The van der Waals surface area contributed by atoms with E-state index in [0.29, 0.717) is 6.54 Å². The molecule has 0 atom stereocenters. The van der Waals surface area contributed by atoms with Gasteiger partial charge in [-0.05, 0) is 58.5 Å². The number of benzene rings is 2. The van der Waals surface area contributed by atoms with Crippen LogP contribution in [0.25, 0.3) is 0 Å². The van der Waals surface area contributed by atoms with Crippen LogP contribution in [-0.4, -0.2) is 0 Å². The number of hydrogen-bond donors (Lipinski definition) is 1. The minimum Gasteiger partial charge on any atom is -0.381 e. The predicted molar refractivity (Wildman–Crippen MR) is 77.9 cm³/mol. The Kier molecular flexibility index (Phi) is 4.34. The normalized spacial score (nSPS) is 11.4. The Morgan fingerprint density at radius 2 is 1.68 bits per heavy atom. The van der Waals surface area contributed by atoms with E-state index in [-0.39, 0.29) is 0 Å². The van der Waals surface area contributed by atoms with E-state index in [1.165, 1.54) is 12.1 Å². The average molecular weight is 377 g/mol. The molecule has 0 aliphatic carbocycles. The van der Waals surface area contributed by atoms with Gasteiger partial charge in [-0.15, -0.1) is 0 Å². The summed E-state index contributed by atoms with van der Waals surface area (Å²) in [6.07, 6.45) is -4.28. The Morgan fingerprint density at radius 3 is 2.26 bits per heavy atom. The first-order chi connectivity index (χ1) is 8.95. The summed E-state index contributed by atoms with van der Waals surface area (Å²) < 4.78 is 38.3. The minimum atomic E-state index is -4.28. The summed E-state index contributed by atoms with van der Waals surface area (Å²) in [5.41, 5.74) is 1.14. The maximum absolute atomic E-state index is 12.4. The van der Waals surface area contributed by atoms with E-state index in [1.807, 2.05) is 24.3 Å². The lowest BCUT2D eigenvalue weighted by molar-refractivity contribution is -0.137. The Labute approximate surface area is 123 Å². The fraction of sp³-hybridized carbons (Fsp3) is 0.143. The fourth-order valence-electron chi connectivity index (χ4n) is 1.61. The summed E-state index contributed by atoms with van der Waals surface area (Å²) in [6, 6.07) is 13.0. The lowest BCUT2D eigenvalue weighted by Crippen LogP contribution is -2.05. The van der Waals surface area contributed by atoms with Crippen LogP contribution in [0.3, 0.4) is 0 Å². The summed E-state index contributed by atoms with van der Waals surface area (Å²) in [5, 5.41) is 3.17. The quantitative estimate of drug-likeness (QED) is 0.749. The number of nitrogens with one attached hydrogen (secondary N) is 1. The van der Waals surface area contributed by atoms with E-state index in [1.54, 1.807) is 0 Å². The molecule has 19 heavy (non-hydrogen) atoms. The molecule has 0 aromatic heterocycles. The average Bonchev–Trinajstić information content (AvgIpc) is 2.36. The van der Waals surface area contributed by atoms with Crippen molar-refractivity contribution in [2.45, 2.75) is 12.7 Å². The van der Waals surface area contributed by atoms with Gasteiger partial charge in [0.1, 0.15) is 0 Å². The molecule has 0 heterocycles. The zero-order valence-corrected chi connectivity index (χ0v) is 12.0. The number of anilines is 1. The molecule has 0 aliphatic rings. The van der Waals surface area contributed by atoms with Gasteiger partial charge >= 0.3 is 6.18 Å². The highest BCUT2D eigenvalue weighted by Gasteiger charge is 2.29. The van der Waals surface area contributed by atoms with E-state index in [4.69, 9.17) is 0 Å². The molecule has 0 amide bonds. The SMILES string of the molecule is FC(F)(F)c1ccc(CNc2cccc(I)c2)cc1. The third-order valence-corrected chi connectivity index (χ3v) is 3.27. The van der Waals surface area contributed by atoms with Crippen LogP contribution in [0.5, 0.6) is 0 Å². The van der Waals surface area contributed by atoms with E-state index in [0.717, 1.165) is 27.0 Å². The van der Waals surface area contributed by atoms with Crippen LogP contribution in [0.1, 0.15) is 11.1 Å². The van der Waals surface area contributed by atoms with Crippen molar-refractivity contribution in [3.8, 4) is 0 Å². The molecule has 2 aromatic rings. The molecule has 0 saturated heterocycles. The molecular formula is C14H11F3IN. The van der Waals surface area contributed by atoms with Crippen LogP contribution in [0.15, 0.2) is 48.5 Å². The topological polar surface area (TPSA) is 12.0 Å². The Hall–Kier alpha value is -1.24. The molecule has 5 heteroatoms. The molecule has 2 rings (SSSR count). The molecule has 0 unspecified atom stereocenters. The monoisotopic (exact) mass is 377 g/mol. The lowest BCUT2D eigenvalue weighted by Gasteiger charge is -2.09. The van der Waals surface area contributed by atoms with Crippen molar-refractivity contribution in [3.05, 3.63) is 63.2 Å². The van der Waals surface area contributed by atoms with E-state index < -0.39 is 11.7 Å². The smallest absolute Gasteiger partial charge is 0.381 e. The lowest BCUT2D eigenvalue weighted by atomic mass is 10.1. The van der Waals surface area contributed by atoms with Crippen molar-refractivity contribution in [1.29, 1.82) is 0 Å². The van der Waals surface area contributed by atoms with Gasteiger partial charge in [0.15, 0.2) is 0 Å². The number of rotatable bonds is 3. The van der Waals surface area contributed by atoms with Crippen molar-refractivity contribution in [2.24, 2.45) is 0 Å². The second kappa shape index (κ2) is 5.81. The van der Waals surface area contributed by atoms with Crippen LogP contribution in [-0.2, 0) is 12.7 Å². The number of hydrogen-bond acceptors (Lipinski definition) is 1. The van der Waals surface area contributed by atoms with Crippen LogP contribution in [0.2, 0.25) is 0 Å². The highest BCUT2D eigenvalue weighted by Crippen LogP contribution is 2.29. The van der Waals surface area contributed by atoms with Crippen molar-refractivity contribution >= 4 is 28.3 Å². The highest BCUT2D eigenvalue weighted by atomic mass is 127. The molecule has 100 valence electrons. The Bertz CT molecular complexity index is 549. The van der Waals surface area contributed by atoms with Crippen molar-refractivity contribution in [3.63, 3.8) is 0 Å². The maximum Gasteiger partial charge on any atom is 0.416 e. The van der Waals surface area contributed by atoms with Crippen LogP contribution >= 0.6 is 22.6 Å². The van der Waals surface area contributed by atoms with E-state index in [2.05, 4.69) is 27.9 Å². The van der Waals surface area contributed by atoms with E-state index >= 15 is 0 Å². The molecule has 0 radical (unpaired) electrons. The molecule has 0 spiro atoms. The van der Waals surface area contributed by atoms with Gasteiger partial charge in [0.25, 0.3) is 0 Å². The molecule has 0 aliphatic heterocycles. The summed E-state index contributed by atoms with van der Waals surface area (Å²) in [5.74, 6) is 0. The van der Waals surface area contributed by atoms with Crippen LogP contribution in [0.4, 0.5) is 18.9 Å². The van der Waals surface area contributed by atoms with Gasteiger partial charge < -0.3 is 5.32 Å². The van der Waals surface area contributed by atoms with Gasteiger partial charge in [-0.1, -0.05) is 18.2 Å². The number of halogens is 4. The zero-order chi connectivity index (χ0) is 13.9. The maximum atomic E-state index is 12.4. The van der Waals surface area contributed by atoms with Crippen LogP contribution in [0, 0.1) is 3.57 Å². The van der Waals surface area contributed by atoms with Gasteiger partial charge in [-0.25, -0.2) is 0 Å². The van der Waals surface area contributed by atoms with Crippen molar-refractivity contribution < 1.29 is 13.2 Å². The molecule has 0 bridgehead atoms. The zero-order valence-electron chi connectivity index (χ0n) is 9.84. The summed E-state index contributed by atoms with van der Waals surface area (Å²) in [4.78, 5) is 0. The molecule has 1 nitrogen and oxygen atoms in total. The van der Waals surface area contributed by atoms with Gasteiger partial charge in [-0.2, -0.15) is 13.2 Å². The predicted octanol–water partition coefficient (Wildman–Crippen LogP) is 4.92. The highest BCUT2D eigenvalue weighted by molar-refractivity contribution is 14.1. The third kappa shape index (κ3) is 4.12. The summed E-state index contributed by atoms with van der Waals surface area (Å²) in [6.45, 7) is 0.498. The first-order valence-electron chi connectivity index (χ1n) is 5.61. The van der Waals surface area contributed by atoms with E-state index in [9.17, 15) is 13.2 Å². The molecule has 0 fully saturated rings. The molecular weight excluding hydrogens is 366 g/mol. The molecule has 0 saturated carbocycles. The van der Waals surface area contributed by atoms with Gasteiger partial charge in [0.05, 0.1) is 5.56 Å². The first kappa shape index (κ1) is 14.2. The summed E-state index contributed by atoms with van der Waals surface area (Å²) in [7, 11) is 0. The largest absolute Gasteiger partial charge is 0.416 e. The van der Waals surface area contributed by atoms with Crippen molar-refractivity contribution in [1.82, 2.24) is 0 Å². The minimum absolute atomic E-state index is 0.498. The standard InChI is InChI=1S/C14H11F3IN/c15-14(16,17)11-6-4-10(5-7-11)9-19-13-3-1-2-12(18)8-13/h1-8,19H,9H2. The van der Waals surface area contributed by atoms with Crippen LogP contribution < -0.4 is 5.32 Å². The Balaban J connectivity index is 2.01. The van der Waals surface area contributed by atoms with Gasteiger partial charge in [0.2, 0.25) is 0 Å². The van der Waals surface area contributed by atoms with Gasteiger partial charge in [0, 0.05) is 15.8 Å².